The number of likely N-dealkylation sites (N-methyl/N-ethyl adjacent to an activating group) is 1. The van der Waals surface area contributed by atoms with Crippen molar-refractivity contribution in [1.82, 2.24) is 4.90 Å². The highest BCUT2D eigenvalue weighted by Crippen LogP contribution is 2.32. The van der Waals surface area contributed by atoms with E-state index in [0.29, 0.717) is 36.9 Å². The molecule has 25 heavy (non-hydrogen) atoms. The standard InChI is InChI=1S/C18H19FN2O4/c1-21(8-9-23-15-5-3-2-4-14(15)19)18(22)20-13-6-7-16-17(12-13)25-11-10-24-16/h2-7,12H,8-11H2,1H3,(H,20,22). The van der Waals surface area contributed by atoms with Gasteiger partial charge in [-0.25, -0.2) is 9.18 Å². The number of rotatable bonds is 5. The Kier molecular flexibility index (Phi) is 5.23. The Morgan fingerprint density at radius 2 is 1.96 bits per heavy atom. The lowest BCUT2D eigenvalue weighted by Crippen LogP contribution is -2.34. The Balaban J connectivity index is 1.50. The molecule has 2 aromatic rings. The smallest absolute Gasteiger partial charge is 0.321 e. The van der Waals surface area contributed by atoms with Crippen molar-refractivity contribution in [3.8, 4) is 17.2 Å². The molecule has 0 saturated heterocycles. The summed E-state index contributed by atoms with van der Waals surface area (Å²) in [5.74, 6) is 1.01. The molecule has 1 heterocycles. The van der Waals surface area contributed by atoms with Crippen molar-refractivity contribution in [1.29, 1.82) is 0 Å². The highest BCUT2D eigenvalue weighted by Gasteiger charge is 2.14. The molecule has 0 fully saturated rings. The van der Waals surface area contributed by atoms with Crippen LogP contribution in [0.4, 0.5) is 14.9 Å². The zero-order valence-corrected chi connectivity index (χ0v) is 13.8. The molecule has 0 aliphatic carbocycles. The van der Waals surface area contributed by atoms with E-state index in [2.05, 4.69) is 5.32 Å². The van der Waals surface area contributed by atoms with E-state index in [9.17, 15) is 9.18 Å². The fraction of sp³-hybridized carbons (Fsp3) is 0.278. The third kappa shape index (κ3) is 4.32. The van der Waals surface area contributed by atoms with Crippen LogP contribution in [-0.2, 0) is 0 Å². The van der Waals surface area contributed by atoms with Gasteiger partial charge in [0.1, 0.15) is 19.8 Å². The van der Waals surface area contributed by atoms with Crippen LogP contribution in [0.5, 0.6) is 17.2 Å². The van der Waals surface area contributed by atoms with Gasteiger partial charge in [0.05, 0.1) is 6.54 Å². The van der Waals surface area contributed by atoms with Crippen molar-refractivity contribution < 1.29 is 23.4 Å². The molecule has 6 nitrogen and oxygen atoms in total. The number of nitrogens with zero attached hydrogens (tertiary/aromatic N) is 1. The molecular formula is C18H19FN2O4. The van der Waals surface area contributed by atoms with Gasteiger partial charge in [-0.05, 0) is 24.3 Å². The second kappa shape index (κ2) is 7.74. The van der Waals surface area contributed by atoms with Crippen molar-refractivity contribution in [2.24, 2.45) is 0 Å². The first-order chi connectivity index (χ1) is 12.1. The molecule has 0 atom stereocenters. The van der Waals surface area contributed by atoms with Gasteiger partial charge < -0.3 is 24.4 Å². The van der Waals surface area contributed by atoms with Crippen molar-refractivity contribution >= 4 is 11.7 Å². The quantitative estimate of drug-likeness (QED) is 0.904. The molecular weight excluding hydrogens is 327 g/mol. The summed E-state index contributed by atoms with van der Waals surface area (Å²) in [6.45, 7) is 1.50. The maximum absolute atomic E-state index is 13.5. The number of para-hydroxylation sites is 1. The Hall–Kier alpha value is -2.96. The summed E-state index contributed by atoms with van der Waals surface area (Å²) in [5, 5.41) is 2.77. The van der Waals surface area contributed by atoms with E-state index in [1.807, 2.05) is 0 Å². The topological polar surface area (TPSA) is 60.0 Å². The minimum absolute atomic E-state index is 0.170. The van der Waals surface area contributed by atoms with E-state index in [4.69, 9.17) is 14.2 Å². The van der Waals surface area contributed by atoms with Crippen LogP contribution in [0.2, 0.25) is 0 Å². The van der Waals surface area contributed by atoms with Crippen LogP contribution in [0.3, 0.4) is 0 Å². The minimum Gasteiger partial charge on any atom is -0.489 e. The Morgan fingerprint density at radius 1 is 1.20 bits per heavy atom. The van der Waals surface area contributed by atoms with Crippen LogP contribution in [-0.4, -0.2) is 44.3 Å². The molecule has 0 spiro atoms. The van der Waals surface area contributed by atoms with Crippen molar-refractivity contribution in [2.75, 3.05) is 38.7 Å². The van der Waals surface area contributed by atoms with E-state index in [1.165, 1.54) is 11.0 Å². The van der Waals surface area contributed by atoms with Crippen molar-refractivity contribution in [3.05, 3.63) is 48.3 Å². The molecule has 132 valence electrons. The van der Waals surface area contributed by atoms with E-state index < -0.39 is 5.82 Å². The molecule has 1 N–H and O–H groups in total. The molecule has 3 rings (SSSR count). The lowest BCUT2D eigenvalue weighted by Gasteiger charge is -2.21. The average molecular weight is 346 g/mol. The van der Waals surface area contributed by atoms with Crippen LogP contribution in [0, 0.1) is 5.82 Å². The number of carbonyl (C=O) groups is 1. The lowest BCUT2D eigenvalue weighted by molar-refractivity contribution is 0.171. The molecule has 0 aromatic heterocycles. The van der Waals surface area contributed by atoms with Crippen molar-refractivity contribution in [2.45, 2.75) is 0 Å². The molecule has 0 unspecified atom stereocenters. The van der Waals surface area contributed by atoms with Gasteiger partial charge in [0.15, 0.2) is 23.1 Å². The summed E-state index contributed by atoms with van der Waals surface area (Å²) in [6, 6.07) is 11.1. The van der Waals surface area contributed by atoms with Gasteiger partial charge in [-0.1, -0.05) is 12.1 Å². The number of ether oxygens (including phenoxy) is 3. The molecule has 1 aliphatic rings. The predicted octanol–water partition coefficient (Wildman–Crippen LogP) is 3.14. The second-order valence-corrected chi connectivity index (χ2v) is 5.49. The number of fused-ring (bicyclic) bond motifs is 1. The number of urea groups is 1. The highest BCUT2D eigenvalue weighted by molar-refractivity contribution is 5.89. The Bertz CT molecular complexity index is 754. The molecule has 0 saturated carbocycles. The van der Waals surface area contributed by atoms with Crippen LogP contribution in [0.25, 0.3) is 0 Å². The third-order valence-electron chi connectivity index (χ3n) is 3.66. The van der Waals surface area contributed by atoms with Gasteiger partial charge >= 0.3 is 6.03 Å². The number of anilines is 1. The largest absolute Gasteiger partial charge is 0.489 e. The van der Waals surface area contributed by atoms with Gasteiger partial charge in [0, 0.05) is 18.8 Å². The number of carbonyl (C=O) groups excluding carboxylic acids is 1. The summed E-state index contributed by atoms with van der Waals surface area (Å²) in [6.07, 6.45) is 0. The third-order valence-corrected chi connectivity index (χ3v) is 3.66. The Morgan fingerprint density at radius 3 is 2.76 bits per heavy atom. The maximum atomic E-state index is 13.5. The van der Waals surface area contributed by atoms with Gasteiger partial charge in [-0.15, -0.1) is 0 Å². The SMILES string of the molecule is CN(CCOc1ccccc1F)C(=O)Nc1ccc2c(c1)OCCO2. The van der Waals surface area contributed by atoms with Gasteiger partial charge in [0.25, 0.3) is 0 Å². The first kappa shape index (κ1) is 16.9. The number of amides is 2. The first-order valence-electron chi connectivity index (χ1n) is 7.92. The number of hydrogen-bond donors (Lipinski definition) is 1. The summed E-state index contributed by atoms with van der Waals surface area (Å²) in [7, 11) is 1.64. The zero-order valence-electron chi connectivity index (χ0n) is 13.8. The predicted molar refractivity (Wildman–Crippen MR) is 91.0 cm³/mol. The molecule has 2 aromatic carbocycles. The normalized spacial score (nSPS) is 12.4. The molecule has 0 bridgehead atoms. The van der Waals surface area contributed by atoms with E-state index in [0.717, 1.165) is 0 Å². The highest BCUT2D eigenvalue weighted by atomic mass is 19.1. The molecule has 1 aliphatic heterocycles. The van der Waals surface area contributed by atoms with Crippen LogP contribution < -0.4 is 19.5 Å². The monoisotopic (exact) mass is 346 g/mol. The van der Waals surface area contributed by atoms with Crippen LogP contribution in [0.15, 0.2) is 42.5 Å². The number of nitrogens with one attached hydrogen (secondary N) is 1. The zero-order chi connectivity index (χ0) is 17.6. The van der Waals surface area contributed by atoms with Gasteiger partial charge in [-0.3, -0.25) is 0 Å². The number of benzene rings is 2. The van der Waals surface area contributed by atoms with Crippen LogP contribution >= 0.6 is 0 Å². The van der Waals surface area contributed by atoms with Crippen LogP contribution in [0.1, 0.15) is 0 Å². The summed E-state index contributed by atoms with van der Waals surface area (Å²) in [4.78, 5) is 13.7. The lowest BCUT2D eigenvalue weighted by atomic mass is 10.2. The summed E-state index contributed by atoms with van der Waals surface area (Å²) in [5.41, 5.74) is 0.608. The second-order valence-electron chi connectivity index (χ2n) is 5.49. The molecule has 2 amide bonds. The summed E-state index contributed by atoms with van der Waals surface area (Å²) >= 11 is 0. The fourth-order valence-electron chi connectivity index (χ4n) is 2.30. The average Bonchev–Trinajstić information content (AvgIpc) is 2.63. The maximum Gasteiger partial charge on any atom is 0.321 e. The minimum atomic E-state index is -0.425. The van der Waals surface area contributed by atoms with Gasteiger partial charge in [0.2, 0.25) is 0 Å². The molecule has 0 radical (unpaired) electrons. The van der Waals surface area contributed by atoms with E-state index in [1.54, 1.807) is 43.4 Å². The number of halogens is 1. The Labute approximate surface area is 145 Å². The first-order valence-corrected chi connectivity index (χ1v) is 7.92. The van der Waals surface area contributed by atoms with E-state index in [-0.39, 0.29) is 18.4 Å². The van der Waals surface area contributed by atoms with Gasteiger partial charge in [-0.2, -0.15) is 0 Å². The fourth-order valence-corrected chi connectivity index (χ4v) is 2.30. The molecule has 7 heteroatoms. The van der Waals surface area contributed by atoms with Crippen molar-refractivity contribution in [3.63, 3.8) is 0 Å². The summed E-state index contributed by atoms with van der Waals surface area (Å²) < 4.78 is 29.7. The van der Waals surface area contributed by atoms with E-state index >= 15 is 0 Å². The number of hydrogen-bond acceptors (Lipinski definition) is 4.